The molecule has 0 aliphatic rings. The number of nitriles is 1. The van der Waals surface area contributed by atoms with E-state index in [2.05, 4.69) is 11.1 Å². The zero-order valence-corrected chi connectivity index (χ0v) is 20.2. The van der Waals surface area contributed by atoms with Crippen molar-refractivity contribution in [3.63, 3.8) is 0 Å². The van der Waals surface area contributed by atoms with E-state index >= 15 is 0 Å². The minimum absolute atomic E-state index is 0.134. The van der Waals surface area contributed by atoms with Crippen molar-refractivity contribution in [2.45, 2.75) is 37.9 Å². The molecule has 4 rings (SSSR count). The van der Waals surface area contributed by atoms with Gasteiger partial charge in [0.05, 0.1) is 28.2 Å². The van der Waals surface area contributed by atoms with Crippen molar-refractivity contribution in [3.8, 4) is 23.1 Å². The van der Waals surface area contributed by atoms with Gasteiger partial charge in [-0.3, -0.25) is 4.98 Å². The van der Waals surface area contributed by atoms with E-state index < -0.39 is 33.0 Å². The van der Waals surface area contributed by atoms with Gasteiger partial charge in [-0.25, -0.2) is 12.8 Å². The lowest BCUT2D eigenvalue weighted by Gasteiger charge is -2.17. The molecule has 0 saturated carbocycles. The van der Waals surface area contributed by atoms with Gasteiger partial charge in [0.25, 0.3) is 0 Å². The van der Waals surface area contributed by atoms with Crippen LogP contribution in [0.15, 0.2) is 46.8 Å². The summed E-state index contributed by atoms with van der Waals surface area (Å²) in [5.41, 5.74) is 2.29. The highest BCUT2D eigenvalue weighted by Gasteiger charge is 2.39. The molecule has 0 bridgehead atoms. The number of halogens is 4. The maximum Gasteiger partial charge on any atom is 0.404 e. The lowest BCUT2D eigenvalue weighted by molar-refractivity contribution is -0.147. The number of rotatable bonds is 5. The van der Waals surface area contributed by atoms with Crippen LogP contribution in [0.3, 0.4) is 0 Å². The molecule has 0 spiro atoms. The summed E-state index contributed by atoms with van der Waals surface area (Å²) in [5, 5.41) is 12.2. The van der Waals surface area contributed by atoms with Crippen molar-refractivity contribution in [3.05, 3.63) is 63.7 Å². The highest BCUT2D eigenvalue weighted by Crippen LogP contribution is 2.37. The Kier molecular flexibility index (Phi) is 6.21. The fourth-order valence-electron chi connectivity index (χ4n) is 3.63. The molecule has 0 amide bonds. The average Bonchev–Trinajstić information content (AvgIpc) is 3.33. The summed E-state index contributed by atoms with van der Waals surface area (Å²) in [6.45, 7) is 4.20. The van der Waals surface area contributed by atoms with E-state index in [1.807, 2.05) is 18.4 Å². The van der Waals surface area contributed by atoms with Crippen molar-refractivity contribution in [2.24, 2.45) is 0 Å². The largest absolute Gasteiger partial charge is 0.404 e. The molecule has 182 valence electrons. The molecule has 0 radical (unpaired) electrons. The number of pyridine rings is 1. The van der Waals surface area contributed by atoms with Gasteiger partial charge in [0.2, 0.25) is 10.0 Å². The van der Waals surface area contributed by atoms with Gasteiger partial charge >= 0.3 is 6.18 Å². The van der Waals surface area contributed by atoms with Crippen LogP contribution in [-0.2, 0) is 10.0 Å². The second-order valence-electron chi connectivity index (χ2n) is 7.97. The van der Waals surface area contributed by atoms with Gasteiger partial charge in [-0.2, -0.15) is 23.2 Å². The Morgan fingerprint density at radius 1 is 1.20 bits per heavy atom. The Labute approximate surface area is 202 Å². The molecule has 1 aromatic carbocycles. The molecule has 12 heteroatoms. The number of nitrogens with one attached hydrogen (secondary N) is 1. The number of fused-ring (bicyclic) bond motifs is 1. The standard InChI is InChI=1S/C23H18F4N4O2S2/c1-12-6-21-17(8-19(12)24)18(9-28)22(31(21)15-7-13(2)34-11-15)20-5-4-16(10-29-20)35(32,33)30-14(3)23(25,26)27/h4-8,10-11,14,30H,1-3H3. The number of hydrogen-bond donors (Lipinski definition) is 1. The van der Waals surface area contributed by atoms with Crippen LogP contribution in [0, 0.1) is 31.0 Å². The number of sulfonamides is 1. The van der Waals surface area contributed by atoms with Crippen LogP contribution < -0.4 is 4.72 Å². The molecule has 1 atom stereocenters. The van der Waals surface area contributed by atoms with E-state index in [0.717, 1.165) is 17.1 Å². The number of nitrogens with zero attached hydrogens (tertiary/aromatic N) is 3. The normalized spacial score (nSPS) is 13.2. The first kappa shape index (κ1) is 24.8. The average molecular weight is 523 g/mol. The fourth-order valence-corrected chi connectivity index (χ4v) is 5.47. The van der Waals surface area contributed by atoms with Crippen LogP contribution in [0.4, 0.5) is 17.6 Å². The molecule has 3 aromatic heterocycles. The van der Waals surface area contributed by atoms with Crippen molar-refractivity contribution >= 4 is 32.3 Å². The van der Waals surface area contributed by atoms with Crippen LogP contribution in [0.25, 0.3) is 28.0 Å². The SMILES string of the molecule is Cc1cc(-n2c(-c3ccc(S(=O)(=O)NC(C)C(F)(F)F)cn3)c(C#N)c3cc(F)c(C)cc32)cs1. The molecule has 3 heterocycles. The molecule has 35 heavy (non-hydrogen) atoms. The summed E-state index contributed by atoms with van der Waals surface area (Å²) >= 11 is 1.47. The maximum atomic E-state index is 14.4. The molecular formula is C23H18F4N4O2S2. The van der Waals surface area contributed by atoms with Crippen molar-refractivity contribution in [1.29, 1.82) is 5.26 Å². The van der Waals surface area contributed by atoms with E-state index in [9.17, 15) is 31.2 Å². The second-order valence-corrected chi connectivity index (χ2v) is 10.8. The maximum absolute atomic E-state index is 14.4. The predicted molar refractivity (Wildman–Crippen MR) is 124 cm³/mol. The van der Waals surface area contributed by atoms with Crippen LogP contribution in [0.5, 0.6) is 0 Å². The number of alkyl halides is 3. The van der Waals surface area contributed by atoms with Crippen molar-refractivity contribution in [1.82, 2.24) is 14.3 Å². The Hall–Kier alpha value is -3.27. The first-order valence-electron chi connectivity index (χ1n) is 10.2. The molecule has 6 nitrogen and oxygen atoms in total. The van der Waals surface area contributed by atoms with Crippen LogP contribution in [-0.4, -0.2) is 30.2 Å². The van der Waals surface area contributed by atoms with E-state index in [-0.39, 0.29) is 11.3 Å². The molecule has 0 aliphatic heterocycles. The number of aryl methyl sites for hydroxylation is 2. The minimum Gasteiger partial charge on any atom is -0.306 e. The quantitative estimate of drug-likeness (QED) is 0.345. The highest BCUT2D eigenvalue weighted by molar-refractivity contribution is 7.89. The van der Waals surface area contributed by atoms with E-state index in [4.69, 9.17) is 0 Å². The third-order valence-electron chi connectivity index (χ3n) is 5.45. The van der Waals surface area contributed by atoms with Gasteiger partial charge in [-0.05, 0) is 56.7 Å². The molecule has 0 aliphatic carbocycles. The summed E-state index contributed by atoms with van der Waals surface area (Å²) in [6.07, 6.45) is -3.83. The summed E-state index contributed by atoms with van der Waals surface area (Å²) < 4.78 is 81.0. The summed E-state index contributed by atoms with van der Waals surface area (Å²) in [6, 6.07) is 6.98. The highest BCUT2D eigenvalue weighted by atomic mass is 32.2. The predicted octanol–water partition coefficient (Wildman–Crippen LogP) is 5.61. The van der Waals surface area contributed by atoms with Crippen molar-refractivity contribution in [2.75, 3.05) is 0 Å². The van der Waals surface area contributed by atoms with E-state index in [1.54, 1.807) is 22.3 Å². The molecule has 1 N–H and O–H groups in total. The molecule has 4 aromatic rings. The fraction of sp³-hybridized carbons (Fsp3) is 0.217. The topological polar surface area (TPSA) is 87.8 Å². The first-order valence-corrected chi connectivity index (χ1v) is 12.6. The summed E-state index contributed by atoms with van der Waals surface area (Å²) in [5.74, 6) is -0.488. The van der Waals surface area contributed by atoms with Crippen molar-refractivity contribution < 1.29 is 26.0 Å². The van der Waals surface area contributed by atoms with Gasteiger partial charge < -0.3 is 4.57 Å². The van der Waals surface area contributed by atoms with Gasteiger partial charge in [0.15, 0.2) is 0 Å². The summed E-state index contributed by atoms with van der Waals surface area (Å²) in [7, 11) is -4.50. The van der Waals surface area contributed by atoms with E-state index in [1.165, 1.54) is 23.5 Å². The van der Waals surface area contributed by atoms with Crippen LogP contribution in [0.1, 0.15) is 22.9 Å². The Bertz CT molecular complexity index is 1580. The van der Waals surface area contributed by atoms with E-state index in [0.29, 0.717) is 34.8 Å². The minimum atomic E-state index is -4.75. The summed E-state index contributed by atoms with van der Waals surface area (Å²) in [4.78, 5) is 4.69. The Morgan fingerprint density at radius 3 is 2.46 bits per heavy atom. The van der Waals surface area contributed by atoms with Crippen LogP contribution in [0.2, 0.25) is 0 Å². The Morgan fingerprint density at radius 2 is 1.91 bits per heavy atom. The van der Waals surface area contributed by atoms with Gasteiger partial charge in [-0.1, -0.05) is 0 Å². The second kappa shape index (κ2) is 8.75. The van der Waals surface area contributed by atoms with Gasteiger partial charge in [-0.15, -0.1) is 11.3 Å². The Balaban J connectivity index is 1.90. The number of aromatic nitrogens is 2. The lowest BCUT2D eigenvalue weighted by Crippen LogP contribution is -2.42. The number of benzene rings is 1. The van der Waals surface area contributed by atoms with Gasteiger partial charge in [0.1, 0.15) is 22.8 Å². The van der Waals surface area contributed by atoms with Crippen LogP contribution >= 0.6 is 11.3 Å². The molecular weight excluding hydrogens is 504 g/mol. The zero-order valence-electron chi connectivity index (χ0n) is 18.6. The molecule has 0 fully saturated rings. The molecule has 0 saturated heterocycles. The van der Waals surface area contributed by atoms with Gasteiger partial charge in [0, 0.05) is 21.8 Å². The first-order chi connectivity index (χ1) is 16.3. The lowest BCUT2D eigenvalue weighted by atomic mass is 10.1. The monoisotopic (exact) mass is 522 g/mol. The molecule has 1 unspecified atom stereocenters. The third-order valence-corrected chi connectivity index (χ3v) is 7.82. The zero-order chi connectivity index (χ0) is 25.7. The number of hydrogen-bond acceptors (Lipinski definition) is 5. The number of thiophene rings is 1. The third kappa shape index (κ3) is 4.54. The smallest absolute Gasteiger partial charge is 0.306 e.